The highest BCUT2D eigenvalue weighted by Crippen LogP contribution is 2.23. The van der Waals surface area contributed by atoms with Crippen LogP contribution in [0, 0.1) is 0 Å². The van der Waals surface area contributed by atoms with E-state index in [4.69, 9.17) is 9.47 Å². The smallest absolute Gasteiger partial charge is 0.220 e. The van der Waals surface area contributed by atoms with Crippen molar-refractivity contribution in [1.29, 1.82) is 0 Å². The molecule has 7 atom stereocenters. The molecular formula is C66H121NO8. The molecule has 7 unspecified atom stereocenters. The number of hydrogen-bond acceptors (Lipinski definition) is 8. The molecule has 0 aliphatic carbocycles. The van der Waals surface area contributed by atoms with E-state index in [2.05, 4.69) is 67.8 Å². The highest BCUT2D eigenvalue weighted by Gasteiger charge is 2.44. The first-order valence-electron chi connectivity index (χ1n) is 32.0. The van der Waals surface area contributed by atoms with Gasteiger partial charge in [-0.25, -0.2) is 0 Å². The quantitative estimate of drug-likeness (QED) is 0.0261. The third kappa shape index (κ3) is 44.4. The van der Waals surface area contributed by atoms with Gasteiger partial charge in [-0.3, -0.25) is 4.79 Å². The van der Waals surface area contributed by atoms with Gasteiger partial charge in [-0.1, -0.05) is 274 Å². The van der Waals surface area contributed by atoms with Crippen molar-refractivity contribution >= 4 is 5.91 Å². The summed E-state index contributed by atoms with van der Waals surface area (Å²) in [6, 6.07) is -0.831. The average molecular weight is 1060 g/mol. The number of aliphatic hydroxyl groups excluding tert-OH is 5. The van der Waals surface area contributed by atoms with Crippen molar-refractivity contribution in [2.24, 2.45) is 0 Å². The summed E-state index contributed by atoms with van der Waals surface area (Å²) in [5.74, 6) is -0.189. The predicted octanol–water partition coefficient (Wildman–Crippen LogP) is 16.6. The number of ether oxygens (including phenoxy) is 2. The summed E-state index contributed by atoms with van der Waals surface area (Å²) < 4.78 is 11.3. The van der Waals surface area contributed by atoms with Crippen LogP contribution in [0.15, 0.2) is 60.8 Å². The molecule has 1 aliphatic heterocycles. The van der Waals surface area contributed by atoms with Crippen LogP contribution in [0.3, 0.4) is 0 Å². The SMILES string of the molecule is CCCCCCCCCCC/C=C\C/C=C\CCCCCCCCCCCCCCCCCC(=O)NC(COC1OC(CO)C(O)C(O)C1O)C(O)/C=C/CC/C=C/CC/C=C/CCCCCCCCCCCCC. The number of unbranched alkanes of at least 4 members (excludes halogenated alkanes) is 37. The van der Waals surface area contributed by atoms with Crippen LogP contribution >= 0.6 is 0 Å². The van der Waals surface area contributed by atoms with Gasteiger partial charge < -0.3 is 40.3 Å². The Morgan fingerprint density at radius 2 is 0.800 bits per heavy atom. The van der Waals surface area contributed by atoms with Crippen molar-refractivity contribution in [3.8, 4) is 0 Å². The number of amides is 1. The second-order valence-electron chi connectivity index (χ2n) is 22.2. The van der Waals surface area contributed by atoms with E-state index in [1.54, 1.807) is 6.08 Å². The summed E-state index contributed by atoms with van der Waals surface area (Å²) in [7, 11) is 0. The van der Waals surface area contributed by atoms with Gasteiger partial charge in [0.05, 0.1) is 25.4 Å². The van der Waals surface area contributed by atoms with Crippen molar-refractivity contribution < 1.29 is 39.8 Å². The van der Waals surface area contributed by atoms with Gasteiger partial charge in [0.2, 0.25) is 5.91 Å². The fourth-order valence-corrected chi connectivity index (χ4v) is 9.99. The third-order valence-corrected chi connectivity index (χ3v) is 15.0. The number of allylic oxidation sites excluding steroid dienone is 9. The van der Waals surface area contributed by atoms with E-state index in [0.29, 0.717) is 6.42 Å². The number of hydrogen-bond donors (Lipinski definition) is 6. The summed E-state index contributed by atoms with van der Waals surface area (Å²) in [6.45, 7) is 3.78. The topological polar surface area (TPSA) is 149 Å². The zero-order valence-electron chi connectivity index (χ0n) is 48.8. The standard InChI is InChI=1S/C66H121NO8/c1-3-5-7-9-11-13-15-17-19-21-23-25-26-27-28-29-30-31-32-33-34-36-38-40-42-44-46-48-50-52-54-56-62(70)67-59(58-74-66-65(73)64(72)63(71)61(57-68)75-66)60(69)55-53-51-49-47-45-43-41-39-37-35-24-22-20-18-16-14-12-10-8-6-4-2/h23,25,27-28,37,39,45,47,53,55,59-61,63-66,68-69,71-73H,3-22,24,26,29-36,38,40-44,46,48-52,54,56-58H2,1-2H3,(H,67,70)/b25-23-,28-27-,39-37+,47-45+,55-53+. The van der Waals surface area contributed by atoms with Crippen LogP contribution in [0.1, 0.15) is 296 Å². The molecule has 1 amide bonds. The Hall–Kier alpha value is -2.11. The molecule has 0 aromatic rings. The number of carbonyl (C=O) groups is 1. The molecule has 0 bridgehead atoms. The molecular weight excluding hydrogens is 935 g/mol. The molecule has 1 saturated heterocycles. The molecule has 438 valence electrons. The normalized spacial score (nSPS) is 19.3. The van der Waals surface area contributed by atoms with Gasteiger partial charge in [-0.15, -0.1) is 0 Å². The Kier molecular flexibility index (Phi) is 52.2. The minimum Gasteiger partial charge on any atom is -0.394 e. The molecule has 0 aromatic carbocycles. The molecule has 9 heteroatoms. The highest BCUT2D eigenvalue weighted by molar-refractivity contribution is 5.76. The fraction of sp³-hybridized carbons (Fsp3) is 0.833. The number of aliphatic hydroxyl groups is 5. The molecule has 0 aromatic heterocycles. The summed E-state index contributed by atoms with van der Waals surface area (Å²) in [4.78, 5) is 13.1. The van der Waals surface area contributed by atoms with E-state index in [-0.39, 0.29) is 12.5 Å². The monoisotopic (exact) mass is 1060 g/mol. The lowest BCUT2D eigenvalue weighted by Gasteiger charge is -2.40. The molecule has 6 N–H and O–H groups in total. The summed E-state index contributed by atoms with van der Waals surface area (Å²) in [5, 5.41) is 54.6. The zero-order chi connectivity index (χ0) is 54.3. The number of rotatable bonds is 55. The lowest BCUT2D eigenvalue weighted by atomic mass is 9.99. The van der Waals surface area contributed by atoms with E-state index < -0.39 is 49.5 Å². The first kappa shape index (κ1) is 70.9. The van der Waals surface area contributed by atoms with E-state index in [9.17, 15) is 30.3 Å². The Bertz CT molecular complexity index is 1360. The largest absolute Gasteiger partial charge is 0.394 e. The van der Waals surface area contributed by atoms with Crippen LogP contribution in [0.4, 0.5) is 0 Å². The maximum atomic E-state index is 13.1. The van der Waals surface area contributed by atoms with Crippen molar-refractivity contribution in [2.75, 3.05) is 13.2 Å². The molecule has 1 aliphatic rings. The molecule has 0 spiro atoms. The van der Waals surface area contributed by atoms with Crippen molar-refractivity contribution in [2.45, 2.75) is 339 Å². The first-order chi connectivity index (χ1) is 36.8. The first-order valence-corrected chi connectivity index (χ1v) is 32.0. The van der Waals surface area contributed by atoms with Crippen LogP contribution in [0.5, 0.6) is 0 Å². The molecule has 0 radical (unpaired) electrons. The third-order valence-electron chi connectivity index (χ3n) is 15.0. The van der Waals surface area contributed by atoms with E-state index in [0.717, 1.165) is 51.4 Å². The molecule has 1 fully saturated rings. The van der Waals surface area contributed by atoms with Crippen LogP contribution in [-0.2, 0) is 14.3 Å². The minimum absolute atomic E-state index is 0.189. The van der Waals surface area contributed by atoms with E-state index in [1.165, 1.54) is 225 Å². The molecule has 1 heterocycles. The maximum Gasteiger partial charge on any atom is 0.220 e. The van der Waals surface area contributed by atoms with Crippen LogP contribution in [-0.4, -0.2) is 87.5 Å². The molecule has 75 heavy (non-hydrogen) atoms. The predicted molar refractivity (Wildman–Crippen MR) is 318 cm³/mol. The van der Waals surface area contributed by atoms with Gasteiger partial charge in [0.1, 0.15) is 24.4 Å². The molecule has 9 nitrogen and oxygen atoms in total. The van der Waals surface area contributed by atoms with Crippen molar-refractivity contribution in [3.05, 3.63) is 60.8 Å². The van der Waals surface area contributed by atoms with Gasteiger partial charge in [0.25, 0.3) is 0 Å². The van der Waals surface area contributed by atoms with Crippen molar-refractivity contribution in [3.63, 3.8) is 0 Å². The minimum atomic E-state index is -1.58. The van der Waals surface area contributed by atoms with Gasteiger partial charge in [-0.2, -0.15) is 0 Å². The van der Waals surface area contributed by atoms with Gasteiger partial charge in [0, 0.05) is 6.42 Å². The fourth-order valence-electron chi connectivity index (χ4n) is 9.99. The van der Waals surface area contributed by atoms with Gasteiger partial charge in [0.15, 0.2) is 6.29 Å². The molecule has 0 saturated carbocycles. The summed E-state index contributed by atoms with van der Waals surface area (Å²) >= 11 is 0. The highest BCUT2D eigenvalue weighted by atomic mass is 16.7. The lowest BCUT2D eigenvalue weighted by molar-refractivity contribution is -0.302. The molecule has 1 rings (SSSR count). The van der Waals surface area contributed by atoms with Crippen molar-refractivity contribution in [1.82, 2.24) is 5.32 Å². The van der Waals surface area contributed by atoms with E-state index >= 15 is 0 Å². The van der Waals surface area contributed by atoms with Gasteiger partial charge >= 0.3 is 0 Å². The van der Waals surface area contributed by atoms with E-state index in [1.807, 2.05) is 6.08 Å². The van der Waals surface area contributed by atoms with Crippen LogP contribution in [0.2, 0.25) is 0 Å². The summed E-state index contributed by atoms with van der Waals surface area (Å²) in [6.07, 6.45) is 68.8. The number of nitrogens with one attached hydrogen (secondary N) is 1. The van der Waals surface area contributed by atoms with Crippen LogP contribution in [0.25, 0.3) is 0 Å². The Morgan fingerprint density at radius 1 is 0.453 bits per heavy atom. The second kappa shape index (κ2) is 55.2. The Morgan fingerprint density at radius 3 is 1.20 bits per heavy atom. The second-order valence-corrected chi connectivity index (χ2v) is 22.2. The average Bonchev–Trinajstić information content (AvgIpc) is 3.41. The van der Waals surface area contributed by atoms with Crippen LogP contribution < -0.4 is 5.32 Å². The Labute approximate surface area is 462 Å². The zero-order valence-corrected chi connectivity index (χ0v) is 48.8. The maximum absolute atomic E-state index is 13.1. The van der Waals surface area contributed by atoms with Gasteiger partial charge in [-0.05, 0) is 77.0 Å². The number of carbonyl (C=O) groups excluding carboxylic acids is 1. The lowest BCUT2D eigenvalue weighted by Crippen LogP contribution is -2.60. The summed E-state index contributed by atoms with van der Waals surface area (Å²) in [5.41, 5.74) is 0. The Balaban J connectivity index is 2.19.